The van der Waals surface area contributed by atoms with Gasteiger partial charge in [-0.25, -0.2) is 0 Å². The molecule has 1 atom stereocenters. The Balaban J connectivity index is 2.87. The van der Waals surface area contributed by atoms with Crippen molar-refractivity contribution >= 4 is 0 Å². The molecular formula is C25H30O2. The lowest BCUT2D eigenvalue weighted by Crippen LogP contribution is -2.29. The second-order valence-electron chi connectivity index (χ2n) is 7.71. The zero-order chi connectivity index (χ0) is 20.2. The standard InChI is InChI=1S/C25H30O2/c1-7-20(15-13-18(3)26)25(21(8-2)16-14-19(4)27)17-24(5,6)22-11-9-10-12-23(22)25/h7-16,26-27H,1,4,17H2,2-3,5-6H3/b16-14-,18-13+,20-15+,21-8+. The predicted molar refractivity (Wildman–Crippen MR) is 115 cm³/mol. The van der Waals surface area contributed by atoms with E-state index in [-0.39, 0.29) is 16.9 Å². The van der Waals surface area contributed by atoms with Crippen LogP contribution in [0.3, 0.4) is 0 Å². The second-order valence-corrected chi connectivity index (χ2v) is 7.71. The lowest BCUT2D eigenvalue weighted by atomic mass is 9.67. The zero-order valence-electron chi connectivity index (χ0n) is 16.8. The molecule has 1 aliphatic carbocycles. The van der Waals surface area contributed by atoms with Gasteiger partial charge in [-0.05, 0) is 60.1 Å². The molecule has 2 rings (SSSR count). The van der Waals surface area contributed by atoms with Crippen LogP contribution in [0.5, 0.6) is 0 Å². The first-order valence-corrected chi connectivity index (χ1v) is 9.22. The Morgan fingerprint density at radius 2 is 1.67 bits per heavy atom. The molecule has 2 N–H and O–H groups in total. The van der Waals surface area contributed by atoms with Crippen LogP contribution in [-0.4, -0.2) is 10.2 Å². The third-order valence-electron chi connectivity index (χ3n) is 5.30. The molecule has 27 heavy (non-hydrogen) atoms. The Kier molecular flexibility index (Phi) is 6.00. The molecule has 1 unspecified atom stereocenters. The molecule has 0 amide bonds. The van der Waals surface area contributed by atoms with E-state index in [1.807, 2.05) is 25.2 Å². The van der Waals surface area contributed by atoms with Gasteiger partial charge in [-0.15, -0.1) is 0 Å². The number of rotatable bonds is 6. The van der Waals surface area contributed by atoms with Crippen LogP contribution >= 0.6 is 0 Å². The molecule has 0 aromatic heterocycles. The molecule has 0 fully saturated rings. The van der Waals surface area contributed by atoms with Gasteiger partial charge in [0, 0.05) is 5.41 Å². The quantitative estimate of drug-likeness (QED) is 0.434. The molecule has 142 valence electrons. The van der Waals surface area contributed by atoms with Gasteiger partial charge in [-0.2, -0.15) is 0 Å². The highest BCUT2D eigenvalue weighted by atomic mass is 16.3. The average molecular weight is 363 g/mol. The minimum Gasteiger partial charge on any atom is -0.513 e. The van der Waals surface area contributed by atoms with E-state index in [9.17, 15) is 10.2 Å². The normalized spacial score (nSPS) is 22.7. The molecule has 0 saturated heterocycles. The van der Waals surface area contributed by atoms with Gasteiger partial charge in [0.15, 0.2) is 0 Å². The smallest absolute Gasteiger partial charge is 0.108 e. The molecule has 0 spiro atoms. The van der Waals surface area contributed by atoms with Gasteiger partial charge in [0.1, 0.15) is 5.76 Å². The van der Waals surface area contributed by atoms with E-state index in [4.69, 9.17) is 0 Å². The van der Waals surface area contributed by atoms with Gasteiger partial charge < -0.3 is 10.2 Å². The molecule has 0 radical (unpaired) electrons. The van der Waals surface area contributed by atoms with Crippen molar-refractivity contribution in [2.75, 3.05) is 0 Å². The van der Waals surface area contributed by atoms with E-state index in [0.29, 0.717) is 0 Å². The third-order valence-corrected chi connectivity index (χ3v) is 5.30. The highest BCUT2D eigenvalue weighted by Gasteiger charge is 2.50. The van der Waals surface area contributed by atoms with Gasteiger partial charge in [0.25, 0.3) is 0 Å². The van der Waals surface area contributed by atoms with E-state index >= 15 is 0 Å². The summed E-state index contributed by atoms with van der Waals surface area (Å²) in [7, 11) is 0. The highest BCUT2D eigenvalue weighted by Crippen LogP contribution is 2.57. The Morgan fingerprint density at radius 1 is 1.04 bits per heavy atom. The largest absolute Gasteiger partial charge is 0.513 e. The first-order chi connectivity index (χ1) is 12.7. The van der Waals surface area contributed by atoms with E-state index in [1.54, 1.807) is 19.1 Å². The second kappa shape index (κ2) is 7.87. The number of aliphatic hydroxyl groups excluding tert-OH is 2. The summed E-state index contributed by atoms with van der Waals surface area (Å²) in [6.45, 7) is 15.8. The van der Waals surface area contributed by atoms with E-state index in [2.05, 4.69) is 57.3 Å². The molecule has 1 aliphatic rings. The molecule has 1 aromatic rings. The number of fused-ring (bicyclic) bond motifs is 1. The maximum atomic E-state index is 9.70. The molecule has 2 nitrogen and oxygen atoms in total. The number of aliphatic hydroxyl groups is 2. The lowest BCUT2D eigenvalue weighted by Gasteiger charge is -2.35. The maximum absolute atomic E-state index is 9.70. The Bertz CT molecular complexity index is 858. The van der Waals surface area contributed by atoms with Crippen molar-refractivity contribution in [2.24, 2.45) is 0 Å². The monoisotopic (exact) mass is 362 g/mol. The van der Waals surface area contributed by atoms with Crippen LogP contribution in [0.4, 0.5) is 0 Å². The van der Waals surface area contributed by atoms with E-state index < -0.39 is 5.41 Å². The summed E-state index contributed by atoms with van der Waals surface area (Å²) >= 11 is 0. The van der Waals surface area contributed by atoms with E-state index in [0.717, 1.165) is 17.6 Å². The summed E-state index contributed by atoms with van der Waals surface area (Å²) in [5.74, 6) is 0.265. The minimum atomic E-state index is -0.422. The van der Waals surface area contributed by atoms with Crippen molar-refractivity contribution in [3.05, 3.63) is 108 Å². The van der Waals surface area contributed by atoms with E-state index in [1.165, 1.54) is 11.1 Å². The van der Waals surface area contributed by atoms with Gasteiger partial charge in [-0.1, -0.05) is 75.6 Å². The summed E-state index contributed by atoms with van der Waals surface area (Å²) in [6.07, 6.45) is 12.0. The Hall–Kier alpha value is -2.74. The first-order valence-electron chi connectivity index (χ1n) is 9.22. The SMILES string of the molecule is C=C/C(=C\C=C(/C)O)C1(C(/C=C\C(=C)O)=C/C)CC(C)(C)c2ccccc21. The first kappa shape index (κ1) is 20.6. The topological polar surface area (TPSA) is 40.5 Å². The van der Waals surface area contributed by atoms with Gasteiger partial charge in [-0.3, -0.25) is 0 Å². The highest BCUT2D eigenvalue weighted by molar-refractivity contribution is 5.62. The fraction of sp³-hybridized carbons (Fsp3) is 0.280. The van der Waals surface area contributed by atoms with Crippen molar-refractivity contribution in [1.82, 2.24) is 0 Å². The van der Waals surface area contributed by atoms with Crippen LogP contribution in [0.25, 0.3) is 0 Å². The molecule has 2 heteroatoms. The molecule has 1 aromatic carbocycles. The van der Waals surface area contributed by atoms with Crippen LogP contribution < -0.4 is 0 Å². The van der Waals surface area contributed by atoms with Crippen LogP contribution in [0.1, 0.15) is 45.2 Å². The van der Waals surface area contributed by atoms with Crippen molar-refractivity contribution in [1.29, 1.82) is 0 Å². The molecule has 0 aliphatic heterocycles. The van der Waals surface area contributed by atoms with Gasteiger partial charge in [0.2, 0.25) is 0 Å². The van der Waals surface area contributed by atoms with Gasteiger partial charge >= 0.3 is 0 Å². The Morgan fingerprint density at radius 3 is 2.19 bits per heavy atom. The summed E-state index contributed by atoms with van der Waals surface area (Å²) in [6, 6.07) is 8.49. The summed E-state index contributed by atoms with van der Waals surface area (Å²) < 4.78 is 0. The van der Waals surface area contributed by atoms with Crippen LogP contribution in [0, 0.1) is 0 Å². The predicted octanol–water partition coefficient (Wildman–Crippen LogP) is 6.75. The molecule has 0 saturated carbocycles. The number of benzene rings is 1. The summed E-state index contributed by atoms with van der Waals surface area (Å²) in [5, 5.41) is 19.3. The third kappa shape index (κ3) is 3.85. The van der Waals surface area contributed by atoms with Crippen molar-refractivity contribution < 1.29 is 10.2 Å². The summed E-state index contributed by atoms with van der Waals surface area (Å²) in [4.78, 5) is 0. The summed E-state index contributed by atoms with van der Waals surface area (Å²) in [5.41, 5.74) is 4.15. The minimum absolute atomic E-state index is 0.0188. The number of allylic oxidation sites excluding steroid dienone is 9. The van der Waals surface area contributed by atoms with Crippen molar-refractivity contribution in [3.63, 3.8) is 0 Å². The maximum Gasteiger partial charge on any atom is 0.108 e. The fourth-order valence-electron chi connectivity index (χ4n) is 4.25. The average Bonchev–Trinajstić information content (AvgIpc) is 2.84. The van der Waals surface area contributed by atoms with Crippen LogP contribution in [0.15, 0.2) is 96.5 Å². The molecule has 0 bridgehead atoms. The van der Waals surface area contributed by atoms with Crippen LogP contribution in [0.2, 0.25) is 0 Å². The zero-order valence-corrected chi connectivity index (χ0v) is 16.8. The van der Waals surface area contributed by atoms with Gasteiger partial charge in [0.05, 0.1) is 5.76 Å². The number of hydrogen-bond acceptors (Lipinski definition) is 2. The van der Waals surface area contributed by atoms with Crippen molar-refractivity contribution in [2.45, 2.75) is 44.9 Å². The van der Waals surface area contributed by atoms with Crippen LogP contribution in [-0.2, 0) is 10.8 Å². The fourth-order valence-corrected chi connectivity index (χ4v) is 4.25. The lowest BCUT2D eigenvalue weighted by molar-refractivity contribution is 0.414. The molecular weight excluding hydrogens is 332 g/mol. The Labute approximate surface area is 163 Å². The van der Waals surface area contributed by atoms with Crippen molar-refractivity contribution in [3.8, 4) is 0 Å². The molecule has 0 heterocycles. The number of hydrogen-bond donors (Lipinski definition) is 2.